The molecule has 18 heavy (non-hydrogen) atoms. The highest BCUT2D eigenvalue weighted by Gasteiger charge is 2.06. The Hall–Kier alpha value is -1.58. The molecule has 2 rings (SSSR count). The molecule has 1 unspecified atom stereocenters. The minimum Gasteiger partial charge on any atom is -0.492 e. The molecule has 0 saturated carbocycles. The van der Waals surface area contributed by atoms with Gasteiger partial charge in [-0.3, -0.25) is 0 Å². The molecule has 0 aliphatic carbocycles. The van der Waals surface area contributed by atoms with Crippen molar-refractivity contribution in [3.63, 3.8) is 0 Å². The van der Waals surface area contributed by atoms with Crippen LogP contribution in [0.2, 0.25) is 0 Å². The molecule has 96 valence electrons. The van der Waals surface area contributed by atoms with Crippen LogP contribution in [-0.4, -0.2) is 33.4 Å². The minimum absolute atomic E-state index is 0.210. The van der Waals surface area contributed by atoms with Crippen molar-refractivity contribution in [2.75, 3.05) is 27.4 Å². The van der Waals surface area contributed by atoms with E-state index in [-0.39, 0.29) is 6.04 Å². The van der Waals surface area contributed by atoms with E-state index >= 15 is 0 Å². The van der Waals surface area contributed by atoms with E-state index in [1.54, 1.807) is 7.11 Å². The Morgan fingerprint density at radius 1 is 1.06 bits per heavy atom. The van der Waals surface area contributed by atoms with Gasteiger partial charge in [-0.05, 0) is 30.0 Å². The predicted octanol–water partition coefficient (Wildman–Crippen LogP) is 2.45. The molecule has 0 fully saturated rings. The molecule has 3 heteroatoms. The molecule has 0 aromatic heterocycles. The number of likely N-dealkylation sites (N-methyl/N-ethyl adjacent to an activating group) is 1. The Kier molecular flexibility index (Phi) is 4.56. The molecule has 1 N–H and O–H groups in total. The molecule has 3 nitrogen and oxygen atoms in total. The van der Waals surface area contributed by atoms with E-state index in [0.29, 0.717) is 13.2 Å². The van der Waals surface area contributed by atoms with Crippen LogP contribution < -0.4 is 10.1 Å². The van der Waals surface area contributed by atoms with Gasteiger partial charge in [-0.15, -0.1) is 0 Å². The van der Waals surface area contributed by atoms with Gasteiger partial charge in [0.05, 0.1) is 12.6 Å². The smallest absolute Gasteiger partial charge is 0.120 e. The average Bonchev–Trinajstić information content (AvgIpc) is 2.43. The predicted molar refractivity (Wildman–Crippen MR) is 74.2 cm³/mol. The second kappa shape index (κ2) is 6.38. The van der Waals surface area contributed by atoms with Crippen LogP contribution in [0.3, 0.4) is 0 Å². The zero-order valence-electron chi connectivity index (χ0n) is 10.8. The van der Waals surface area contributed by atoms with Crippen LogP contribution in [0.15, 0.2) is 42.5 Å². The lowest BCUT2D eigenvalue weighted by Crippen LogP contribution is -2.35. The van der Waals surface area contributed by atoms with Gasteiger partial charge in [0, 0.05) is 7.11 Å². The molecule has 0 radical (unpaired) electrons. The van der Waals surface area contributed by atoms with Gasteiger partial charge in [0.15, 0.2) is 0 Å². The van der Waals surface area contributed by atoms with E-state index in [1.165, 1.54) is 10.8 Å². The van der Waals surface area contributed by atoms with E-state index < -0.39 is 0 Å². The van der Waals surface area contributed by atoms with Gasteiger partial charge in [0.25, 0.3) is 0 Å². The maximum absolute atomic E-state index is 5.78. The van der Waals surface area contributed by atoms with Gasteiger partial charge < -0.3 is 14.8 Å². The summed E-state index contributed by atoms with van der Waals surface area (Å²) >= 11 is 0. The van der Waals surface area contributed by atoms with Gasteiger partial charge in [0.1, 0.15) is 12.4 Å². The molecule has 0 aliphatic heterocycles. The van der Waals surface area contributed by atoms with Crippen LogP contribution in [0.25, 0.3) is 10.8 Å². The van der Waals surface area contributed by atoms with Crippen molar-refractivity contribution in [3.05, 3.63) is 42.5 Å². The maximum Gasteiger partial charge on any atom is 0.120 e. The Morgan fingerprint density at radius 3 is 2.56 bits per heavy atom. The highest BCUT2D eigenvalue weighted by molar-refractivity contribution is 5.83. The highest BCUT2D eigenvalue weighted by Crippen LogP contribution is 2.20. The second-order valence-corrected chi connectivity index (χ2v) is 4.26. The number of fused-ring (bicyclic) bond motifs is 1. The minimum atomic E-state index is 0.210. The lowest BCUT2D eigenvalue weighted by molar-refractivity contribution is 0.140. The number of benzene rings is 2. The quantitative estimate of drug-likeness (QED) is 0.848. The Labute approximate surface area is 108 Å². The van der Waals surface area contributed by atoms with Gasteiger partial charge in [-0.1, -0.05) is 30.3 Å². The van der Waals surface area contributed by atoms with Crippen LogP contribution in [0.4, 0.5) is 0 Å². The Bertz CT molecular complexity index is 499. The van der Waals surface area contributed by atoms with E-state index in [4.69, 9.17) is 9.47 Å². The molecule has 1 atom stereocenters. The number of ether oxygens (including phenoxy) is 2. The highest BCUT2D eigenvalue weighted by atomic mass is 16.5. The molecule has 2 aromatic rings. The van der Waals surface area contributed by atoms with Crippen LogP contribution in [0.5, 0.6) is 5.75 Å². The summed E-state index contributed by atoms with van der Waals surface area (Å²) in [5.74, 6) is 0.894. The number of nitrogens with one attached hydrogen (secondary N) is 1. The zero-order valence-corrected chi connectivity index (χ0v) is 10.8. The van der Waals surface area contributed by atoms with E-state index in [9.17, 15) is 0 Å². The van der Waals surface area contributed by atoms with Crippen molar-refractivity contribution >= 4 is 10.8 Å². The monoisotopic (exact) mass is 245 g/mol. The summed E-state index contributed by atoms with van der Waals surface area (Å²) in [5.41, 5.74) is 0. The molecular weight excluding hydrogens is 226 g/mol. The third-order valence-electron chi connectivity index (χ3n) is 2.95. The molecule has 0 amide bonds. The van der Waals surface area contributed by atoms with Crippen molar-refractivity contribution in [1.29, 1.82) is 0 Å². The summed E-state index contributed by atoms with van der Waals surface area (Å²) in [6, 6.07) is 14.6. The Morgan fingerprint density at radius 2 is 1.83 bits per heavy atom. The molecule has 0 saturated heterocycles. The van der Waals surface area contributed by atoms with Gasteiger partial charge >= 0.3 is 0 Å². The second-order valence-electron chi connectivity index (χ2n) is 4.26. The third-order valence-corrected chi connectivity index (χ3v) is 2.95. The van der Waals surface area contributed by atoms with Crippen molar-refractivity contribution in [1.82, 2.24) is 5.32 Å². The van der Waals surface area contributed by atoms with Crippen LogP contribution >= 0.6 is 0 Å². The summed E-state index contributed by atoms with van der Waals surface area (Å²) in [7, 11) is 3.60. The van der Waals surface area contributed by atoms with E-state index in [1.807, 2.05) is 25.2 Å². The molecule has 0 spiro atoms. The van der Waals surface area contributed by atoms with Crippen molar-refractivity contribution in [3.8, 4) is 5.75 Å². The van der Waals surface area contributed by atoms with Crippen molar-refractivity contribution < 1.29 is 9.47 Å². The summed E-state index contributed by atoms with van der Waals surface area (Å²) in [6.45, 7) is 1.24. The first-order valence-electron chi connectivity index (χ1n) is 6.11. The van der Waals surface area contributed by atoms with Crippen molar-refractivity contribution in [2.45, 2.75) is 6.04 Å². The molecular formula is C15H19NO2. The third kappa shape index (κ3) is 3.22. The number of rotatable bonds is 6. The fraction of sp³-hybridized carbons (Fsp3) is 0.333. The van der Waals surface area contributed by atoms with Crippen LogP contribution in [-0.2, 0) is 4.74 Å². The van der Waals surface area contributed by atoms with E-state index in [0.717, 1.165) is 5.75 Å². The maximum atomic E-state index is 5.78. The molecule has 2 aromatic carbocycles. The van der Waals surface area contributed by atoms with Gasteiger partial charge in [-0.25, -0.2) is 0 Å². The first-order valence-corrected chi connectivity index (χ1v) is 6.11. The van der Waals surface area contributed by atoms with Crippen molar-refractivity contribution in [2.24, 2.45) is 0 Å². The standard InChI is InChI=1S/C15H19NO2/c1-16-14(10-17-2)11-18-15-8-7-12-5-3-4-6-13(12)9-15/h3-9,14,16H,10-11H2,1-2H3. The number of hydrogen-bond donors (Lipinski definition) is 1. The normalized spacial score (nSPS) is 12.6. The SMILES string of the molecule is CNC(COC)COc1ccc2ccccc2c1. The summed E-state index contributed by atoms with van der Waals surface area (Å²) in [4.78, 5) is 0. The lowest BCUT2D eigenvalue weighted by atomic mass is 10.1. The first-order chi connectivity index (χ1) is 8.83. The summed E-state index contributed by atoms with van der Waals surface area (Å²) in [6.07, 6.45) is 0. The summed E-state index contributed by atoms with van der Waals surface area (Å²) in [5, 5.41) is 5.59. The van der Waals surface area contributed by atoms with Gasteiger partial charge in [-0.2, -0.15) is 0 Å². The number of methoxy groups -OCH3 is 1. The molecule has 0 bridgehead atoms. The topological polar surface area (TPSA) is 30.5 Å². The number of hydrogen-bond acceptors (Lipinski definition) is 3. The van der Waals surface area contributed by atoms with Crippen LogP contribution in [0, 0.1) is 0 Å². The average molecular weight is 245 g/mol. The van der Waals surface area contributed by atoms with E-state index in [2.05, 4.69) is 29.6 Å². The fourth-order valence-electron chi connectivity index (χ4n) is 1.87. The molecule has 0 heterocycles. The largest absolute Gasteiger partial charge is 0.492 e. The zero-order chi connectivity index (χ0) is 12.8. The fourth-order valence-corrected chi connectivity index (χ4v) is 1.87. The van der Waals surface area contributed by atoms with Crippen LogP contribution in [0.1, 0.15) is 0 Å². The van der Waals surface area contributed by atoms with Gasteiger partial charge in [0.2, 0.25) is 0 Å². The first kappa shape index (κ1) is 12.9. The summed E-state index contributed by atoms with van der Waals surface area (Å²) < 4.78 is 10.9. The Balaban J connectivity index is 2.03. The molecule has 0 aliphatic rings. The lowest BCUT2D eigenvalue weighted by Gasteiger charge is -2.16.